The van der Waals surface area contributed by atoms with Crippen molar-refractivity contribution in [3.63, 3.8) is 0 Å². The van der Waals surface area contributed by atoms with Crippen LogP contribution in [0.4, 0.5) is 11.4 Å². The predicted octanol–water partition coefficient (Wildman–Crippen LogP) is 2.59. The van der Waals surface area contributed by atoms with Crippen LogP contribution < -0.4 is 16.0 Å². The van der Waals surface area contributed by atoms with E-state index in [1.807, 2.05) is 20.8 Å². The van der Waals surface area contributed by atoms with E-state index in [0.29, 0.717) is 24.7 Å². The van der Waals surface area contributed by atoms with E-state index in [2.05, 4.69) is 20.9 Å². The number of benzene rings is 1. The van der Waals surface area contributed by atoms with E-state index in [0.717, 1.165) is 0 Å². The molecule has 0 amide bonds. The molecule has 7 nitrogen and oxygen atoms in total. The molecule has 0 heterocycles. The molecule has 0 aliphatic rings. The first-order valence-corrected chi connectivity index (χ1v) is 6.79. The van der Waals surface area contributed by atoms with Gasteiger partial charge in [0.25, 0.3) is 5.69 Å². The lowest BCUT2D eigenvalue weighted by atomic mass is 10.1. The van der Waals surface area contributed by atoms with Gasteiger partial charge in [-0.2, -0.15) is 0 Å². The number of nitro benzene ring substituents is 1. The highest BCUT2D eigenvalue weighted by molar-refractivity contribution is 14.0. The quantitative estimate of drug-likeness (QED) is 0.170. The smallest absolute Gasteiger partial charge is 0.292 e. The normalized spacial score (nSPS) is 11.4. The van der Waals surface area contributed by atoms with Gasteiger partial charge in [0.15, 0.2) is 5.96 Å². The third-order valence-electron chi connectivity index (χ3n) is 2.55. The first-order chi connectivity index (χ1) is 9.83. The van der Waals surface area contributed by atoms with Crippen LogP contribution in [0.25, 0.3) is 0 Å². The van der Waals surface area contributed by atoms with Crippen LogP contribution in [0, 0.1) is 10.1 Å². The minimum atomic E-state index is -0.393. The van der Waals surface area contributed by atoms with Gasteiger partial charge in [-0.3, -0.25) is 15.1 Å². The van der Waals surface area contributed by atoms with Gasteiger partial charge in [-0.25, -0.2) is 0 Å². The molecule has 0 aromatic heterocycles. The molecule has 0 aliphatic carbocycles. The van der Waals surface area contributed by atoms with Crippen LogP contribution in [0.1, 0.15) is 20.8 Å². The second-order valence-corrected chi connectivity index (χ2v) is 5.58. The van der Waals surface area contributed by atoms with Gasteiger partial charge in [0.1, 0.15) is 5.69 Å². The number of para-hydroxylation sites is 2. The van der Waals surface area contributed by atoms with Crippen molar-refractivity contribution >= 4 is 41.3 Å². The molecule has 1 rings (SSSR count). The molecule has 0 saturated carbocycles. The number of hydrogen-bond acceptors (Lipinski definition) is 4. The maximum atomic E-state index is 10.9. The summed E-state index contributed by atoms with van der Waals surface area (Å²) in [5.41, 5.74) is 0.519. The van der Waals surface area contributed by atoms with E-state index in [-0.39, 0.29) is 35.2 Å². The predicted molar refractivity (Wildman–Crippen MR) is 101 cm³/mol. The topological polar surface area (TPSA) is 91.6 Å². The molecule has 3 N–H and O–H groups in total. The highest BCUT2D eigenvalue weighted by Gasteiger charge is 2.12. The number of rotatable bonds is 5. The van der Waals surface area contributed by atoms with Crippen LogP contribution in [0.2, 0.25) is 0 Å². The summed E-state index contributed by atoms with van der Waals surface area (Å²) in [7, 11) is 1.70. The summed E-state index contributed by atoms with van der Waals surface area (Å²) in [5.74, 6) is 0.701. The number of nitrogens with one attached hydrogen (secondary N) is 3. The Labute approximate surface area is 148 Å². The molecule has 0 saturated heterocycles. The zero-order chi connectivity index (χ0) is 15.9. The van der Waals surface area contributed by atoms with Crippen LogP contribution >= 0.6 is 24.0 Å². The molecule has 0 fully saturated rings. The van der Waals surface area contributed by atoms with Gasteiger partial charge in [-0.1, -0.05) is 12.1 Å². The Morgan fingerprint density at radius 1 is 1.27 bits per heavy atom. The van der Waals surface area contributed by atoms with E-state index in [4.69, 9.17) is 0 Å². The molecule has 22 heavy (non-hydrogen) atoms. The average Bonchev–Trinajstić information content (AvgIpc) is 2.41. The largest absolute Gasteiger partial charge is 0.378 e. The van der Waals surface area contributed by atoms with Crippen molar-refractivity contribution < 1.29 is 4.92 Å². The number of anilines is 1. The standard InChI is InChI=1S/C14H23N5O2.HI/c1-14(2,3)18-13(15-4)17-10-9-16-11-7-5-6-8-12(11)19(20)21;/h5-8,16H,9-10H2,1-4H3,(H2,15,17,18);1H. The average molecular weight is 421 g/mol. The van der Waals surface area contributed by atoms with E-state index in [1.165, 1.54) is 6.07 Å². The summed E-state index contributed by atoms with van der Waals surface area (Å²) in [4.78, 5) is 14.6. The summed E-state index contributed by atoms with van der Waals surface area (Å²) < 4.78 is 0. The number of hydrogen-bond donors (Lipinski definition) is 3. The number of nitro groups is 1. The molecule has 0 unspecified atom stereocenters. The van der Waals surface area contributed by atoms with Gasteiger partial charge < -0.3 is 16.0 Å². The third kappa shape index (κ3) is 7.43. The monoisotopic (exact) mass is 421 g/mol. The van der Waals surface area contributed by atoms with Crippen molar-refractivity contribution in [3.05, 3.63) is 34.4 Å². The summed E-state index contributed by atoms with van der Waals surface area (Å²) in [6.07, 6.45) is 0. The van der Waals surface area contributed by atoms with Crippen molar-refractivity contribution in [1.82, 2.24) is 10.6 Å². The first kappa shape index (κ1) is 20.4. The fourth-order valence-electron chi connectivity index (χ4n) is 1.69. The van der Waals surface area contributed by atoms with Crippen molar-refractivity contribution in [2.75, 3.05) is 25.5 Å². The van der Waals surface area contributed by atoms with Gasteiger partial charge in [-0.05, 0) is 26.8 Å². The molecule has 0 radical (unpaired) electrons. The molecule has 1 aromatic carbocycles. The van der Waals surface area contributed by atoms with Gasteiger partial charge in [-0.15, -0.1) is 24.0 Å². The number of halogens is 1. The molecule has 124 valence electrons. The van der Waals surface area contributed by atoms with Crippen LogP contribution in [-0.2, 0) is 0 Å². The molecule has 8 heteroatoms. The van der Waals surface area contributed by atoms with E-state index >= 15 is 0 Å². The van der Waals surface area contributed by atoms with E-state index < -0.39 is 4.92 Å². The van der Waals surface area contributed by atoms with E-state index in [9.17, 15) is 10.1 Å². The zero-order valence-corrected chi connectivity index (χ0v) is 15.7. The SMILES string of the molecule is CN=C(NCCNc1ccccc1[N+](=O)[O-])NC(C)(C)C.I. The Morgan fingerprint density at radius 3 is 2.45 bits per heavy atom. The Morgan fingerprint density at radius 2 is 1.91 bits per heavy atom. The van der Waals surface area contributed by atoms with Crippen molar-refractivity contribution in [1.29, 1.82) is 0 Å². The fourth-order valence-corrected chi connectivity index (χ4v) is 1.69. The molecule has 1 aromatic rings. The minimum absolute atomic E-state index is 0. The van der Waals surface area contributed by atoms with Gasteiger partial charge in [0, 0.05) is 31.7 Å². The van der Waals surface area contributed by atoms with Gasteiger partial charge in [0.05, 0.1) is 4.92 Å². The van der Waals surface area contributed by atoms with Crippen LogP contribution in [0.3, 0.4) is 0 Å². The molecule has 0 spiro atoms. The lowest BCUT2D eigenvalue weighted by molar-refractivity contribution is -0.384. The molecular formula is C14H24IN5O2. The maximum absolute atomic E-state index is 10.9. The molecule has 0 bridgehead atoms. The van der Waals surface area contributed by atoms with Gasteiger partial charge in [0.2, 0.25) is 0 Å². The van der Waals surface area contributed by atoms with Gasteiger partial charge >= 0.3 is 0 Å². The van der Waals surface area contributed by atoms with Crippen molar-refractivity contribution in [2.24, 2.45) is 4.99 Å². The Kier molecular flexibility index (Phi) is 8.76. The second kappa shape index (κ2) is 9.44. The highest BCUT2D eigenvalue weighted by Crippen LogP contribution is 2.22. The Balaban J connectivity index is 0.00000441. The van der Waals surface area contributed by atoms with Crippen LogP contribution in [0.5, 0.6) is 0 Å². The number of nitrogens with zero attached hydrogens (tertiary/aromatic N) is 2. The molecular weight excluding hydrogens is 397 g/mol. The second-order valence-electron chi connectivity index (χ2n) is 5.58. The van der Waals surface area contributed by atoms with Crippen LogP contribution in [0.15, 0.2) is 29.3 Å². The summed E-state index contributed by atoms with van der Waals surface area (Å²) in [5, 5.41) is 20.3. The summed E-state index contributed by atoms with van der Waals surface area (Å²) >= 11 is 0. The molecule has 0 atom stereocenters. The first-order valence-electron chi connectivity index (χ1n) is 6.79. The maximum Gasteiger partial charge on any atom is 0.292 e. The lowest BCUT2D eigenvalue weighted by Gasteiger charge is -2.23. The van der Waals surface area contributed by atoms with Crippen LogP contribution in [-0.4, -0.2) is 36.6 Å². The fraction of sp³-hybridized carbons (Fsp3) is 0.500. The zero-order valence-electron chi connectivity index (χ0n) is 13.3. The van der Waals surface area contributed by atoms with E-state index in [1.54, 1.807) is 25.2 Å². The Hall–Kier alpha value is -1.58. The number of aliphatic imine (C=N–C) groups is 1. The van der Waals surface area contributed by atoms with Crippen molar-refractivity contribution in [3.8, 4) is 0 Å². The highest BCUT2D eigenvalue weighted by atomic mass is 127. The minimum Gasteiger partial charge on any atom is -0.378 e. The third-order valence-corrected chi connectivity index (χ3v) is 2.55. The number of guanidine groups is 1. The lowest BCUT2D eigenvalue weighted by Crippen LogP contribution is -2.48. The summed E-state index contributed by atoms with van der Waals surface area (Å²) in [6.45, 7) is 7.29. The Bertz CT molecular complexity index is 514. The van der Waals surface area contributed by atoms with Crippen molar-refractivity contribution in [2.45, 2.75) is 26.3 Å². The molecule has 0 aliphatic heterocycles. The summed E-state index contributed by atoms with van der Waals surface area (Å²) in [6, 6.07) is 6.59.